The summed E-state index contributed by atoms with van der Waals surface area (Å²) in [6, 6.07) is 0. The molecule has 0 radical (unpaired) electrons. The van der Waals surface area contributed by atoms with Gasteiger partial charge < -0.3 is 25.0 Å². The van der Waals surface area contributed by atoms with Crippen molar-refractivity contribution in [3.8, 4) is 0 Å². The quantitative estimate of drug-likeness (QED) is 0.630. The zero-order valence-electron chi connectivity index (χ0n) is 14.6. The van der Waals surface area contributed by atoms with Crippen molar-refractivity contribution in [3.63, 3.8) is 0 Å². The normalized spacial score (nSPS) is 17.0. The molecule has 7 heteroatoms. The van der Waals surface area contributed by atoms with Crippen LogP contribution < -0.4 is 11.1 Å². The van der Waals surface area contributed by atoms with Crippen molar-refractivity contribution in [2.75, 3.05) is 13.7 Å². The molecule has 2 heterocycles. The molecule has 0 fully saturated rings. The van der Waals surface area contributed by atoms with Gasteiger partial charge in [-0.1, -0.05) is 5.16 Å². The Hall–Kier alpha value is -2.70. The predicted octanol–water partition coefficient (Wildman–Crippen LogP) is 2.28. The summed E-state index contributed by atoms with van der Waals surface area (Å²) >= 11 is 0. The molecule has 0 aliphatic carbocycles. The molecule has 0 spiro atoms. The van der Waals surface area contributed by atoms with Gasteiger partial charge in [0.2, 0.25) is 0 Å². The molecule has 1 aromatic rings. The molecule has 0 bridgehead atoms. The van der Waals surface area contributed by atoms with Gasteiger partial charge in [-0.15, -0.1) is 0 Å². The molecule has 1 aliphatic heterocycles. The number of hydrogen-bond donors (Lipinski definition) is 2. The number of nitrogens with one attached hydrogen (secondary N) is 1. The minimum absolute atomic E-state index is 0.307. The van der Waals surface area contributed by atoms with Crippen molar-refractivity contribution >= 4 is 11.5 Å². The highest BCUT2D eigenvalue weighted by Gasteiger charge is 2.25. The number of aryl methyl sites for hydroxylation is 2. The molecule has 0 amide bonds. The SMILES string of the molecule is CCOC(=O)C1=C(N)N/C(=C/C(=C(\C)OC)c2c(C)noc2C)C1. The smallest absolute Gasteiger partial charge is 0.338 e. The Labute approximate surface area is 141 Å². The molecular formula is C17H23N3O4. The minimum atomic E-state index is -0.405. The fourth-order valence-electron chi connectivity index (χ4n) is 2.57. The second-order valence-electron chi connectivity index (χ2n) is 5.46. The standard InChI is InChI=1S/C17H23N3O4/c1-6-23-17(21)14-8-12(19-16(14)18)7-13(10(3)22-5)15-9(2)20-24-11(15)4/h7,19H,6,8,18H2,1-5H3/b12-7+,13-10-. The van der Waals surface area contributed by atoms with Crippen LogP contribution in [0.1, 0.15) is 37.3 Å². The summed E-state index contributed by atoms with van der Waals surface area (Å²) in [6.45, 7) is 7.63. The minimum Gasteiger partial charge on any atom is -0.501 e. The number of allylic oxidation sites excluding steroid dienone is 4. The van der Waals surface area contributed by atoms with Gasteiger partial charge in [0.1, 0.15) is 17.3 Å². The summed E-state index contributed by atoms with van der Waals surface area (Å²) in [5.74, 6) is 1.31. The van der Waals surface area contributed by atoms with Crippen LogP contribution in [0, 0.1) is 13.8 Å². The molecule has 0 saturated carbocycles. The molecular weight excluding hydrogens is 310 g/mol. The Morgan fingerprint density at radius 1 is 1.46 bits per heavy atom. The van der Waals surface area contributed by atoms with Crippen molar-refractivity contribution < 1.29 is 18.8 Å². The molecule has 1 aliphatic rings. The number of aromatic nitrogens is 1. The Morgan fingerprint density at radius 3 is 2.71 bits per heavy atom. The van der Waals surface area contributed by atoms with Crippen LogP contribution in [0.2, 0.25) is 0 Å². The van der Waals surface area contributed by atoms with Crippen LogP contribution in [0.3, 0.4) is 0 Å². The number of rotatable bonds is 5. The number of methoxy groups -OCH3 is 1. The first-order chi connectivity index (χ1) is 11.4. The molecule has 0 atom stereocenters. The van der Waals surface area contributed by atoms with E-state index in [1.807, 2.05) is 26.8 Å². The summed E-state index contributed by atoms with van der Waals surface area (Å²) in [7, 11) is 1.60. The van der Waals surface area contributed by atoms with E-state index in [0.29, 0.717) is 35.9 Å². The summed E-state index contributed by atoms with van der Waals surface area (Å²) in [5, 5.41) is 7.02. The molecule has 2 rings (SSSR count). The lowest BCUT2D eigenvalue weighted by Gasteiger charge is -2.09. The van der Waals surface area contributed by atoms with Crippen LogP contribution in [0.25, 0.3) is 5.57 Å². The predicted molar refractivity (Wildman–Crippen MR) is 89.3 cm³/mol. The first kappa shape index (κ1) is 17.7. The first-order valence-electron chi connectivity index (χ1n) is 7.70. The summed E-state index contributed by atoms with van der Waals surface area (Å²) < 4.78 is 15.7. The third-order valence-corrected chi connectivity index (χ3v) is 3.82. The Bertz CT molecular complexity index is 722. The molecule has 130 valence electrons. The summed E-state index contributed by atoms with van der Waals surface area (Å²) in [6.07, 6.45) is 2.26. The Balaban J connectivity index is 2.37. The number of nitrogens with zero attached hydrogens (tertiary/aromatic N) is 1. The Morgan fingerprint density at radius 2 is 2.17 bits per heavy atom. The maximum atomic E-state index is 11.9. The third kappa shape index (κ3) is 3.45. The van der Waals surface area contributed by atoms with Crippen LogP contribution >= 0.6 is 0 Å². The lowest BCUT2D eigenvalue weighted by molar-refractivity contribution is -0.138. The van der Waals surface area contributed by atoms with E-state index in [9.17, 15) is 4.79 Å². The topological polar surface area (TPSA) is 99.6 Å². The van der Waals surface area contributed by atoms with Crippen LogP contribution in [0.5, 0.6) is 0 Å². The lowest BCUT2D eigenvalue weighted by atomic mass is 10.0. The summed E-state index contributed by atoms with van der Waals surface area (Å²) in [4.78, 5) is 11.9. The van der Waals surface area contributed by atoms with E-state index >= 15 is 0 Å². The number of carbonyl (C=O) groups is 1. The Kier molecular flexibility index (Phi) is 5.33. The number of hydrogen-bond acceptors (Lipinski definition) is 7. The van der Waals surface area contributed by atoms with E-state index in [2.05, 4.69) is 10.5 Å². The average Bonchev–Trinajstić information content (AvgIpc) is 3.07. The van der Waals surface area contributed by atoms with E-state index in [-0.39, 0.29) is 0 Å². The molecule has 7 nitrogen and oxygen atoms in total. The maximum Gasteiger partial charge on any atom is 0.338 e. The van der Waals surface area contributed by atoms with Gasteiger partial charge in [0.25, 0.3) is 0 Å². The highest BCUT2D eigenvalue weighted by Crippen LogP contribution is 2.30. The zero-order chi connectivity index (χ0) is 17.9. The lowest BCUT2D eigenvalue weighted by Crippen LogP contribution is -2.16. The molecule has 1 aromatic heterocycles. The highest BCUT2D eigenvalue weighted by atomic mass is 16.5. The first-order valence-corrected chi connectivity index (χ1v) is 7.70. The van der Waals surface area contributed by atoms with Crippen molar-refractivity contribution in [1.29, 1.82) is 0 Å². The number of carbonyl (C=O) groups excluding carboxylic acids is 1. The largest absolute Gasteiger partial charge is 0.501 e. The molecule has 3 N–H and O–H groups in total. The zero-order valence-corrected chi connectivity index (χ0v) is 14.6. The average molecular weight is 333 g/mol. The molecule has 0 unspecified atom stereocenters. The van der Waals surface area contributed by atoms with Gasteiger partial charge in [-0.3, -0.25) is 0 Å². The van der Waals surface area contributed by atoms with Crippen LogP contribution in [-0.4, -0.2) is 24.8 Å². The van der Waals surface area contributed by atoms with E-state index in [1.54, 1.807) is 14.0 Å². The van der Waals surface area contributed by atoms with E-state index in [1.165, 1.54) is 0 Å². The van der Waals surface area contributed by atoms with Crippen LogP contribution in [0.15, 0.2) is 33.4 Å². The molecule has 24 heavy (non-hydrogen) atoms. The van der Waals surface area contributed by atoms with Crippen molar-refractivity contribution in [1.82, 2.24) is 10.5 Å². The van der Waals surface area contributed by atoms with Crippen molar-refractivity contribution in [2.45, 2.75) is 34.1 Å². The number of ether oxygens (including phenoxy) is 2. The van der Waals surface area contributed by atoms with Gasteiger partial charge in [-0.05, 0) is 33.8 Å². The van der Waals surface area contributed by atoms with Crippen molar-refractivity contribution in [2.24, 2.45) is 5.73 Å². The second-order valence-corrected chi connectivity index (χ2v) is 5.46. The van der Waals surface area contributed by atoms with Crippen LogP contribution in [0.4, 0.5) is 0 Å². The van der Waals surface area contributed by atoms with Gasteiger partial charge >= 0.3 is 5.97 Å². The highest BCUT2D eigenvalue weighted by molar-refractivity contribution is 5.91. The summed E-state index contributed by atoms with van der Waals surface area (Å²) in [5.41, 5.74) is 9.58. The van der Waals surface area contributed by atoms with E-state index in [0.717, 1.165) is 22.5 Å². The second kappa shape index (κ2) is 7.25. The fraction of sp³-hybridized carbons (Fsp3) is 0.412. The van der Waals surface area contributed by atoms with E-state index in [4.69, 9.17) is 19.7 Å². The number of esters is 1. The maximum absolute atomic E-state index is 11.9. The monoisotopic (exact) mass is 333 g/mol. The fourth-order valence-corrected chi connectivity index (χ4v) is 2.57. The number of nitrogens with two attached hydrogens (primary N) is 1. The third-order valence-electron chi connectivity index (χ3n) is 3.82. The van der Waals surface area contributed by atoms with Gasteiger partial charge in [-0.25, -0.2) is 4.79 Å². The molecule has 0 aromatic carbocycles. The van der Waals surface area contributed by atoms with Crippen LogP contribution in [-0.2, 0) is 14.3 Å². The molecule has 0 saturated heterocycles. The van der Waals surface area contributed by atoms with Gasteiger partial charge in [0.05, 0.1) is 30.5 Å². The van der Waals surface area contributed by atoms with Gasteiger partial charge in [-0.2, -0.15) is 0 Å². The van der Waals surface area contributed by atoms with Gasteiger partial charge in [0, 0.05) is 17.7 Å². The van der Waals surface area contributed by atoms with Gasteiger partial charge in [0.15, 0.2) is 0 Å². The van der Waals surface area contributed by atoms with E-state index < -0.39 is 5.97 Å². The van der Waals surface area contributed by atoms with Crippen molar-refractivity contribution in [3.05, 3.63) is 45.9 Å².